The number of benzene rings is 1. The van der Waals surface area contributed by atoms with E-state index in [2.05, 4.69) is 32.3 Å². The van der Waals surface area contributed by atoms with Crippen LogP contribution < -0.4 is 15.0 Å². The zero-order chi connectivity index (χ0) is 17.0. The van der Waals surface area contributed by atoms with Crippen molar-refractivity contribution in [2.45, 2.75) is 39.2 Å². The largest absolute Gasteiger partial charge is 0.490 e. The van der Waals surface area contributed by atoms with E-state index >= 15 is 0 Å². The van der Waals surface area contributed by atoms with Gasteiger partial charge in [-0.3, -0.25) is 10.3 Å². The van der Waals surface area contributed by atoms with Crippen molar-refractivity contribution in [2.75, 3.05) is 26.4 Å². The number of hydroxylamine groups is 1. The van der Waals surface area contributed by atoms with Gasteiger partial charge in [-0.15, -0.1) is 0 Å². The summed E-state index contributed by atoms with van der Waals surface area (Å²) >= 11 is 0. The van der Waals surface area contributed by atoms with Crippen molar-refractivity contribution in [3.8, 4) is 11.5 Å². The summed E-state index contributed by atoms with van der Waals surface area (Å²) in [5.41, 5.74) is 4.70. The Bertz CT molecular complexity index is 591. The summed E-state index contributed by atoms with van der Waals surface area (Å²) in [5.74, 6) is 2.04. The van der Waals surface area contributed by atoms with Gasteiger partial charge in [0.2, 0.25) is 0 Å². The zero-order valence-electron chi connectivity index (χ0n) is 14.8. The monoisotopic (exact) mass is 333 g/mol. The molecule has 24 heavy (non-hydrogen) atoms. The average Bonchev–Trinajstić information content (AvgIpc) is 3.21. The van der Waals surface area contributed by atoms with Gasteiger partial charge < -0.3 is 14.2 Å². The highest BCUT2D eigenvalue weighted by molar-refractivity contribution is 5.68. The Labute approximate surface area is 143 Å². The topological polar surface area (TPSA) is 49.0 Å². The quantitative estimate of drug-likeness (QED) is 0.827. The minimum Gasteiger partial charge on any atom is -0.490 e. The number of hydrogen-bond acceptors (Lipinski definition) is 5. The summed E-state index contributed by atoms with van der Waals surface area (Å²) in [6.07, 6.45) is 3.95. The van der Waals surface area contributed by atoms with Gasteiger partial charge in [-0.25, -0.2) is 0 Å². The maximum atomic E-state index is 5.89. The summed E-state index contributed by atoms with van der Waals surface area (Å²) in [6, 6.07) is 6.02. The summed E-state index contributed by atoms with van der Waals surface area (Å²) < 4.78 is 17.2. The molecule has 1 atom stereocenters. The van der Waals surface area contributed by atoms with Crippen LogP contribution in [0.5, 0.6) is 11.5 Å². The van der Waals surface area contributed by atoms with Gasteiger partial charge >= 0.3 is 0 Å². The highest BCUT2D eigenvalue weighted by Gasteiger charge is 2.39. The summed E-state index contributed by atoms with van der Waals surface area (Å²) in [7, 11) is 0. The second-order valence-electron chi connectivity index (χ2n) is 6.84. The lowest BCUT2D eigenvalue weighted by Gasteiger charge is -2.16. The lowest BCUT2D eigenvalue weighted by atomic mass is 10.0. The van der Waals surface area contributed by atoms with Crippen molar-refractivity contribution in [3.05, 3.63) is 29.8 Å². The van der Waals surface area contributed by atoms with Crippen LogP contribution >= 0.6 is 0 Å². The molecule has 5 nitrogen and oxygen atoms in total. The maximum Gasteiger partial charge on any atom is 0.161 e. The van der Waals surface area contributed by atoms with Crippen molar-refractivity contribution < 1.29 is 19.0 Å². The van der Waals surface area contributed by atoms with Crippen LogP contribution in [0.1, 0.15) is 39.2 Å². The summed E-state index contributed by atoms with van der Waals surface area (Å²) in [6.45, 7) is 9.03. The standard InChI is InChI=1S/C19H27NO4/c1-4-8-22-18-10-15(5-6-17(18)23-12-14(2)3)16-11-19(24-20-16)7-9-21-13-19/h5-6,10-11,14,20H,4,7-9,12-13H2,1-3H3. The van der Waals surface area contributed by atoms with Gasteiger partial charge in [0.1, 0.15) is 5.60 Å². The molecular weight excluding hydrogens is 306 g/mol. The molecule has 0 bridgehead atoms. The third kappa shape index (κ3) is 3.84. The SMILES string of the molecule is CCCOc1cc(C2=CC3(CCOC3)ON2)ccc1OCC(C)C. The molecule has 1 unspecified atom stereocenters. The van der Waals surface area contributed by atoms with E-state index in [9.17, 15) is 0 Å². The third-order valence-electron chi connectivity index (χ3n) is 4.08. The molecule has 0 saturated carbocycles. The minimum atomic E-state index is -0.327. The van der Waals surface area contributed by atoms with E-state index < -0.39 is 0 Å². The molecule has 1 saturated heterocycles. The first-order valence-corrected chi connectivity index (χ1v) is 8.76. The minimum absolute atomic E-state index is 0.327. The molecule has 0 aromatic heterocycles. The second kappa shape index (κ2) is 7.45. The van der Waals surface area contributed by atoms with Gasteiger partial charge in [-0.1, -0.05) is 20.8 Å². The predicted molar refractivity (Wildman–Crippen MR) is 92.9 cm³/mol. The molecule has 1 fully saturated rings. The normalized spacial score (nSPS) is 22.8. The Morgan fingerprint density at radius 1 is 1.25 bits per heavy atom. The second-order valence-corrected chi connectivity index (χ2v) is 6.84. The van der Waals surface area contributed by atoms with E-state index in [-0.39, 0.29) is 5.60 Å². The molecular formula is C19H27NO4. The highest BCUT2D eigenvalue weighted by atomic mass is 16.7. The van der Waals surface area contributed by atoms with Crippen LogP contribution in [0.15, 0.2) is 24.3 Å². The van der Waals surface area contributed by atoms with Crippen LogP contribution in [-0.4, -0.2) is 32.0 Å². The number of hydrogen-bond donors (Lipinski definition) is 1. The number of rotatable bonds is 7. The first-order valence-electron chi connectivity index (χ1n) is 8.76. The molecule has 3 rings (SSSR count). The number of ether oxygens (including phenoxy) is 3. The van der Waals surface area contributed by atoms with Gasteiger partial charge in [0, 0.05) is 18.6 Å². The average molecular weight is 333 g/mol. The first-order chi connectivity index (χ1) is 11.6. The molecule has 1 aromatic rings. The Hall–Kier alpha value is -1.72. The summed E-state index contributed by atoms with van der Waals surface area (Å²) in [4.78, 5) is 5.76. The van der Waals surface area contributed by atoms with Crippen LogP contribution in [0.4, 0.5) is 0 Å². The van der Waals surface area contributed by atoms with Crippen LogP contribution in [0.25, 0.3) is 5.70 Å². The zero-order valence-corrected chi connectivity index (χ0v) is 14.8. The van der Waals surface area contributed by atoms with Gasteiger partial charge in [0.25, 0.3) is 0 Å². The summed E-state index contributed by atoms with van der Waals surface area (Å²) in [5, 5.41) is 0. The van der Waals surface area contributed by atoms with Gasteiger partial charge in [-0.05, 0) is 36.6 Å². The fourth-order valence-electron chi connectivity index (χ4n) is 2.75. The molecule has 2 aliphatic rings. The fraction of sp³-hybridized carbons (Fsp3) is 0.579. The predicted octanol–water partition coefficient (Wildman–Crippen LogP) is 3.55. The van der Waals surface area contributed by atoms with E-state index in [0.717, 1.165) is 42.2 Å². The molecule has 1 N–H and O–H groups in total. The van der Waals surface area contributed by atoms with E-state index in [1.54, 1.807) is 0 Å². The molecule has 1 spiro atoms. The van der Waals surface area contributed by atoms with Crippen LogP contribution in [-0.2, 0) is 9.57 Å². The van der Waals surface area contributed by atoms with E-state index in [1.165, 1.54) is 0 Å². The lowest BCUT2D eigenvalue weighted by Crippen LogP contribution is -2.29. The molecule has 2 heterocycles. The Morgan fingerprint density at radius 3 is 2.83 bits per heavy atom. The van der Waals surface area contributed by atoms with Crippen molar-refractivity contribution in [3.63, 3.8) is 0 Å². The van der Waals surface area contributed by atoms with Gasteiger partial charge in [0.05, 0.1) is 25.5 Å². The van der Waals surface area contributed by atoms with Gasteiger partial charge in [-0.2, -0.15) is 0 Å². The van der Waals surface area contributed by atoms with Crippen molar-refractivity contribution in [2.24, 2.45) is 5.92 Å². The molecule has 132 valence electrons. The van der Waals surface area contributed by atoms with Crippen LogP contribution in [0.2, 0.25) is 0 Å². The molecule has 0 amide bonds. The lowest BCUT2D eigenvalue weighted by molar-refractivity contribution is -0.0373. The molecule has 0 radical (unpaired) electrons. The molecule has 5 heteroatoms. The maximum absolute atomic E-state index is 5.89. The van der Waals surface area contributed by atoms with E-state index in [4.69, 9.17) is 19.0 Å². The van der Waals surface area contributed by atoms with Crippen molar-refractivity contribution >= 4 is 5.70 Å². The number of nitrogens with one attached hydrogen (secondary N) is 1. The third-order valence-corrected chi connectivity index (χ3v) is 4.08. The fourth-order valence-corrected chi connectivity index (χ4v) is 2.75. The Kier molecular flexibility index (Phi) is 5.31. The Balaban J connectivity index is 1.81. The Morgan fingerprint density at radius 2 is 2.12 bits per heavy atom. The molecule has 0 aliphatic carbocycles. The first kappa shape index (κ1) is 17.1. The van der Waals surface area contributed by atoms with Gasteiger partial charge in [0.15, 0.2) is 11.5 Å². The smallest absolute Gasteiger partial charge is 0.161 e. The van der Waals surface area contributed by atoms with Crippen LogP contribution in [0.3, 0.4) is 0 Å². The van der Waals surface area contributed by atoms with Crippen LogP contribution in [0, 0.1) is 5.92 Å². The molecule has 2 aliphatic heterocycles. The molecule has 1 aromatic carbocycles. The van der Waals surface area contributed by atoms with E-state index in [0.29, 0.717) is 25.7 Å². The van der Waals surface area contributed by atoms with Crippen molar-refractivity contribution in [1.29, 1.82) is 0 Å². The van der Waals surface area contributed by atoms with Crippen molar-refractivity contribution in [1.82, 2.24) is 5.48 Å². The highest BCUT2D eigenvalue weighted by Crippen LogP contribution is 2.36. The van der Waals surface area contributed by atoms with E-state index in [1.807, 2.05) is 18.2 Å².